The predicted molar refractivity (Wildman–Crippen MR) is 73.8 cm³/mol. The largest absolute Gasteiger partial charge is 0.493 e. The number of methoxy groups -OCH3 is 1. The van der Waals surface area contributed by atoms with Crippen molar-refractivity contribution in [2.45, 2.75) is 44.1 Å². The number of aliphatic hydroxyl groups excluding tert-OH is 1. The summed E-state index contributed by atoms with van der Waals surface area (Å²) in [5.41, 5.74) is 1.27. The van der Waals surface area contributed by atoms with Crippen molar-refractivity contribution in [2.24, 2.45) is 5.92 Å². The lowest BCUT2D eigenvalue weighted by molar-refractivity contribution is 0.200. The highest BCUT2D eigenvalue weighted by Gasteiger charge is 2.38. The Bertz CT molecular complexity index is 438. The maximum absolute atomic E-state index is 9.18. The quantitative estimate of drug-likeness (QED) is 0.886. The molecule has 1 aromatic carbocycles. The molecule has 1 aromatic rings. The van der Waals surface area contributed by atoms with E-state index in [1.54, 1.807) is 7.11 Å². The molecule has 2 saturated carbocycles. The molecule has 2 aliphatic rings. The van der Waals surface area contributed by atoms with Gasteiger partial charge in [0.1, 0.15) is 0 Å². The molecule has 2 fully saturated rings. The second kappa shape index (κ2) is 5.41. The molecule has 1 unspecified atom stereocenters. The maximum Gasteiger partial charge on any atom is 0.161 e. The molecule has 0 saturated heterocycles. The molecular weight excluding hydrogens is 240 g/mol. The Morgan fingerprint density at radius 2 is 2.00 bits per heavy atom. The molecule has 3 nitrogen and oxygen atoms in total. The van der Waals surface area contributed by atoms with Crippen LogP contribution in [0.15, 0.2) is 18.2 Å². The minimum atomic E-state index is 0.287. The van der Waals surface area contributed by atoms with Gasteiger partial charge in [0.05, 0.1) is 13.2 Å². The zero-order valence-electron chi connectivity index (χ0n) is 11.5. The fraction of sp³-hybridized carbons (Fsp3) is 0.625. The van der Waals surface area contributed by atoms with E-state index in [9.17, 15) is 5.11 Å². The monoisotopic (exact) mass is 262 g/mol. The highest BCUT2D eigenvalue weighted by Crippen LogP contribution is 2.48. The van der Waals surface area contributed by atoms with Crippen molar-refractivity contribution >= 4 is 0 Å². The topological polar surface area (TPSA) is 38.7 Å². The van der Waals surface area contributed by atoms with Crippen LogP contribution in [0.2, 0.25) is 0 Å². The molecule has 0 radical (unpaired) electrons. The molecule has 3 rings (SSSR count). The van der Waals surface area contributed by atoms with Crippen LogP contribution in [0.1, 0.15) is 43.6 Å². The van der Waals surface area contributed by atoms with Crippen LogP contribution in [0.4, 0.5) is 0 Å². The molecule has 0 amide bonds. The van der Waals surface area contributed by atoms with Gasteiger partial charge in [-0.15, -0.1) is 0 Å². The first-order valence-corrected chi connectivity index (χ1v) is 7.27. The van der Waals surface area contributed by atoms with Crippen LogP contribution in [-0.2, 0) is 0 Å². The summed E-state index contributed by atoms with van der Waals surface area (Å²) in [6.45, 7) is 0.287. The van der Waals surface area contributed by atoms with Gasteiger partial charge in [-0.2, -0.15) is 0 Å². The van der Waals surface area contributed by atoms with E-state index in [0.29, 0.717) is 17.9 Å². The SMILES string of the molecule is COc1ccc(C2C[C@@H]2CO)cc1OC1CCCC1. The third-order valence-electron chi connectivity index (χ3n) is 4.37. The van der Waals surface area contributed by atoms with Crippen molar-refractivity contribution in [1.82, 2.24) is 0 Å². The van der Waals surface area contributed by atoms with Crippen LogP contribution < -0.4 is 9.47 Å². The Labute approximate surface area is 114 Å². The Morgan fingerprint density at radius 3 is 2.63 bits per heavy atom. The van der Waals surface area contributed by atoms with Gasteiger partial charge in [0, 0.05) is 6.61 Å². The van der Waals surface area contributed by atoms with Crippen molar-refractivity contribution in [3.05, 3.63) is 23.8 Å². The summed E-state index contributed by atoms with van der Waals surface area (Å²) >= 11 is 0. The molecule has 0 aromatic heterocycles. The molecule has 0 aliphatic heterocycles. The standard InChI is InChI=1S/C16H22O3/c1-18-15-7-6-11(14-8-12(14)10-17)9-16(15)19-13-4-2-3-5-13/h6-7,9,12-14,17H,2-5,8,10H2,1H3/t12-,14?/m1/s1. The van der Waals surface area contributed by atoms with Crippen LogP contribution in [0, 0.1) is 5.92 Å². The first kappa shape index (κ1) is 12.8. The zero-order valence-corrected chi connectivity index (χ0v) is 11.5. The van der Waals surface area contributed by atoms with Gasteiger partial charge in [0.15, 0.2) is 11.5 Å². The first-order chi connectivity index (χ1) is 9.31. The molecular formula is C16H22O3. The predicted octanol–water partition coefficient (Wildman–Crippen LogP) is 3.11. The Balaban J connectivity index is 1.77. The number of benzene rings is 1. The summed E-state index contributed by atoms with van der Waals surface area (Å²) in [5.74, 6) is 2.63. The fourth-order valence-electron chi connectivity index (χ4n) is 3.06. The Hall–Kier alpha value is -1.22. The summed E-state index contributed by atoms with van der Waals surface area (Å²) < 4.78 is 11.5. The number of hydrogen-bond donors (Lipinski definition) is 1. The van der Waals surface area contributed by atoms with Crippen LogP contribution >= 0.6 is 0 Å². The van der Waals surface area contributed by atoms with E-state index in [0.717, 1.165) is 30.8 Å². The van der Waals surface area contributed by atoms with Gasteiger partial charge in [-0.25, -0.2) is 0 Å². The third kappa shape index (κ3) is 2.71. The van der Waals surface area contributed by atoms with Gasteiger partial charge < -0.3 is 14.6 Å². The molecule has 2 aliphatic carbocycles. The van der Waals surface area contributed by atoms with Crippen molar-refractivity contribution in [1.29, 1.82) is 0 Å². The normalized spacial score (nSPS) is 26.4. The lowest BCUT2D eigenvalue weighted by atomic mass is 10.1. The van der Waals surface area contributed by atoms with Gasteiger partial charge in [-0.3, -0.25) is 0 Å². The van der Waals surface area contributed by atoms with E-state index in [1.807, 2.05) is 6.07 Å². The molecule has 1 N–H and O–H groups in total. The van der Waals surface area contributed by atoms with Gasteiger partial charge in [0.25, 0.3) is 0 Å². The second-order valence-electron chi connectivity index (χ2n) is 5.72. The number of rotatable bonds is 5. The van der Waals surface area contributed by atoms with Crippen molar-refractivity contribution in [3.63, 3.8) is 0 Å². The van der Waals surface area contributed by atoms with Crippen LogP contribution in [0.3, 0.4) is 0 Å². The molecule has 2 atom stereocenters. The summed E-state index contributed by atoms with van der Waals surface area (Å²) in [5, 5.41) is 9.18. The molecule has 0 spiro atoms. The van der Waals surface area contributed by atoms with E-state index < -0.39 is 0 Å². The molecule has 0 bridgehead atoms. The van der Waals surface area contributed by atoms with Gasteiger partial charge in [0.2, 0.25) is 0 Å². The van der Waals surface area contributed by atoms with Gasteiger partial charge >= 0.3 is 0 Å². The first-order valence-electron chi connectivity index (χ1n) is 7.27. The average Bonchev–Trinajstić information content (AvgIpc) is 3.07. The highest BCUT2D eigenvalue weighted by molar-refractivity contribution is 5.45. The van der Waals surface area contributed by atoms with Crippen LogP contribution in [0.25, 0.3) is 0 Å². The summed E-state index contributed by atoms with van der Waals surface area (Å²) in [6.07, 6.45) is 6.26. The zero-order chi connectivity index (χ0) is 13.2. The van der Waals surface area contributed by atoms with Crippen LogP contribution in [0.5, 0.6) is 11.5 Å². The van der Waals surface area contributed by atoms with Crippen molar-refractivity contribution in [3.8, 4) is 11.5 Å². The van der Waals surface area contributed by atoms with E-state index in [1.165, 1.54) is 18.4 Å². The summed E-state index contributed by atoms with van der Waals surface area (Å²) in [7, 11) is 1.68. The van der Waals surface area contributed by atoms with Gasteiger partial charge in [-0.05, 0) is 61.6 Å². The minimum Gasteiger partial charge on any atom is -0.493 e. The molecule has 104 valence electrons. The molecule has 3 heteroatoms. The average molecular weight is 262 g/mol. The Morgan fingerprint density at radius 1 is 1.21 bits per heavy atom. The lowest BCUT2D eigenvalue weighted by Crippen LogP contribution is -2.11. The lowest BCUT2D eigenvalue weighted by Gasteiger charge is -2.17. The van der Waals surface area contributed by atoms with Crippen molar-refractivity contribution < 1.29 is 14.6 Å². The second-order valence-corrected chi connectivity index (χ2v) is 5.72. The maximum atomic E-state index is 9.18. The van der Waals surface area contributed by atoms with E-state index in [2.05, 4.69) is 12.1 Å². The number of aliphatic hydroxyl groups is 1. The minimum absolute atomic E-state index is 0.287. The molecule has 0 heterocycles. The summed E-state index contributed by atoms with van der Waals surface area (Å²) in [6, 6.07) is 6.20. The highest BCUT2D eigenvalue weighted by atomic mass is 16.5. The van der Waals surface area contributed by atoms with E-state index in [4.69, 9.17) is 9.47 Å². The summed E-state index contributed by atoms with van der Waals surface area (Å²) in [4.78, 5) is 0. The Kier molecular flexibility index (Phi) is 3.65. The van der Waals surface area contributed by atoms with E-state index >= 15 is 0 Å². The fourth-order valence-corrected chi connectivity index (χ4v) is 3.06. The van der Waals surface area contributed by atoms with E-state index in [-0.39, 0.29) is 6.61 Å². The number of hydrogen-bond acceptors (Lipinski definition) is 3. The van der Waals surface area contributed by atoms with Crippen molar-refractivity contribution in [2.75, 3.05) is 13.7 Å². The smallest absolute Gasteiger partial charge is 0.161 e. The number of ether oxygens (including phenoxy) is 2. The van der Waals surface area contributed by atoms with Crippen LogP contribution in [-0.4, -0.2) is 24.9 Å². The molecule has 19 heavy (non-hydrogen) atoms. The van der Waals surface area contributed by atoms with Gasteiger partial charge in [-0.1, -0.05) is 6.07 Å². The third-order valence-corrected chi connectivity index (χ3v) is 4.37.